The molecule has 29 heavy (non-hydrogen) atoms. The van der Waals surface area contributed by atoms with Gasteiger partial charge in [0.15, 0.2) is 0 Å². The van der Waals surface area contributed by atoms with Gasteiger partial charge in [0.25, 0.3) is 5.91 Å². The van der Waals surface area contributed by atoms with Crippen LogP contribution >= 0.6 is 0 Å². The fraction of sp³-hybridized carbons (Fsp3) is 0.333. The summed E-state index contributed by atoms with van der Waals surface area (Å²) in [7, 11) is 0. The number of nitrogens with one attached hydrogen (secondary N) is 1. The van der Waals surface area contributed by atoms with Crippen molar-refractivity contribution < 1.29 is 4.79 Å². The molecule has 1 saturated heterocycles. The summed E-state index contributed by atoms with van der Waals surface area (Å²) in [6.45, 7) is 1.55. The number of rotatable bonds is 6. The van der Waals surface area contributed by atoms with Gasteiger partial charge in [-0.2, -0.15) is 0 Å². The lowest BCUT2D eigenvalue weighted by Crippen LogP contribution is -2.40. The van der Waals surface area contributed by atoms with Gasteiger partial charge < -0.3 is 10.2 Å². The third-order valence-electron chi connectivity index (χ3n) is 5.07. The number of pyridine rings is 1. The Morgan fingerprint density at radius 2 is 1.86 bits per heavy atom. The van der Waals surface area contributed by atoms with Crippen molar-refractivity contribution in [1.29, 1.82) is 0 Å². The fourth-order valence-corrected chi connectivity index (χ4v) is 3.62. The molecule has 0 saturated carbocycles. The van der Waals surface area contributed by atoms with Gasteiger partial charge in [0.2, 0.25) is 0 Å². The first-order chi connectivity index (χ1) is 14.3. The van der Waals surface area contributed by atoms with E-state index in [-0.39, 0.29) is 5.91 Å². The number of aryl methyl sites for hydroxylation is 1. The number of carbonyl (C=O) groups is 1. The summed E-state index contributed by atoms with van der Waals surface area (Å²) in [5.74, 6) is 1.88. The SMILES string of the molecule is O=C(c1cnccn1)N1CCCC(CCc2ccnc(Nc3cnccn3)c2)C1. The third kappa shape index (κ3) is 5.10. The van der Waals surface area contributed by atoms with Crippen molar-refractivity contribution in [3.8, 4) is 0 Å². The van der Waals surface area contributed by atoms with Gasteiger partial charge in [-0.25, -0.2) is 15.0 Å². The lowest BCUT2D eigenvalue weighted by atomic mass is 9.91. The molecule has 1 N–H and O–H groups in total. The molecule has 0 radical (unpaired) electrons. The second-order valence-corrected chi connectivity index (χ2v) is 7.15. The van der Waals surface area contributed by atoms with Crippen LogP contribution in [0.1, 0.15) is 35.3 Å². The molecule has 1 fully saturated rings. The van der Waals surface area contributed by atoms with Crippen LogP contribution in [0.3, 0.4) is 0 Å². The van der Waals surface area contributed by atoms with Gasteiger partial charge in [-0.05, 0) is 49.3 Å². The monoisotopic (exact) mass is 389 g/mol. The Morgan fingerprint density at radius 3 is 2.66 bits per heavy atom. The van der Waals surface area contributed by atoms with Crippen LogP contribution < -0.4 is 5.32 Å². The number of carbonyl (C=O) groups excluding carboxylic acids is 1. The first kappa shape index (κ1) is 18.9. The number of aromatic nitrogens is 5. The van der Waals surface area contributed by atoms with Gasteiger partial charge in [0.05, 0.1) is 12.4 Å². The molecule has 4 rings (SSSR count). The molecule has 0 spiro atoms. The highest BCUT2D eigenvalue weighted by molar-refractivity contribution is 5.92. The van der Waals surface area contributed by atoms with E-state index in [1.165, 1.54) is 11.8 Å². The normalized spacial score (nSPS) is 16.4. The van der Waals surface area contributed by atoms with Crippen LogP contribution in [0.15, 0.2) is 55.5 Å². The summed E-state index contributed by atoms with van der Waals surface area (Å²) >= 11 is 0. The molecule has 1 amide bonds. The van der Waals surface area contributed by atoms with E-state index in [1.807, 2.05) is 17.0 Å². The quantitative estimate of drug-likeness (QED) is 0.692. The largest absolute Gasteiger partial charge is 0.337 e. The van der Waals surface area contributed by atoms with Crippen LogP contribution in [0.2, 0.25) is 0 Å². The summed E-state index contributed by atoms with van der Waals surface area (Å²) in [4.78, 5) is 35.3. The molecule has 3 aromatic heterocycles. The number of anilines is 2. The lowest BCUT2D eigenvalue weighted by molar-refractivity contribution is 0.0662. The lowest BCUT2D eigenvalue weighted by Gasteiger charge is -2.32. The standard InChI is InChI=1S/C21H23N7O/c29-21(18-13-22-7-9-24-18)28-11-1-2-17(15-28)4-3-16-5-6-25-19(12-16)27-20-14-23-8-10-26-20/h5-10,12-14,17H,1-4,11,15H2,(H,25,26,27). The molecule has 4 heterocycles. The Labute approximate surface area is 169 Å². The maximum absolute atomic E-state index is 12.6. The van der Waals surface area contributed by atoms with E-state index in [1.54, 1.807) is 37.2 Å². The molecule has 8 nitrogen and oxygen atoms in total. The minimum Gasteiger partial charge on any atom is -0.337 e. The van der Waals surface area contributed by atoms with Crippen molar-refractivity contribution in [2.75, 3.05) is 18.4 Å². The van der Waals surface area contributed by atoms with Crippen molar-refractivity contribution in [3.63, 3.8) is 0 Å². The third-order valence-corrected chi connectivity index (χ3v) is 5.07. The topological polar surface area (TPSA) is 96.8 Å². The first-order valence-electron chi connectivity index (χ1n) is 9.81. The van der Waals surface area contributed by atoms with Gasteiger partial charge in [0.1, 0.15) is 17.3 Å². The zero-order valence-corrected chi connectivity index (χ0v) is 16.1. The van der Waals surface area contributed by atoms with E-state index in [0.717, 1.165) is 44.6 Å². The van der Waals surface area contributed by atoms with Crippen molar-refractivity contribution in [2.45, 2.75) is 25.7 Å². The van der Waals surface area contributed by atoms with Crippen LogP contribution in [0, 0.1) is 5.92 Å². The van der Waals surface area contributed by atoms with Crippen molar-refractivity contribution >= 4 is 17.5 Å². The van der Waals surface area contributed by atoms with Crippen LogP contribution in [0.5, 0.6) is 0 Å². The van der Waals surface area contributed by atoms with Crippen LogP contribution in [0.25, 0.3) is 0 Å². The molecule has 1 unspecified atom stereocenters. The fourth-order valence-electron chi connectivity index (χ4n) is 3.62. The summed E-state index contributed by atoms with van der Waals surface area (Å²) < 4.78 is 0. The highest BCUT2D eigenvalue weighted by atomic mass is 16.2. The number of nitrogens with zero attached hydrogens (tertiary/aromatic N) is 6. The number of piperidine rings is 1. The molecule has 1 aliphatic rings. The minimum absolute atomic E-state index is 0.0258. The van der Waals surface area contributed by atoms with E-state index in [4.69, 9.17) is 0 Å². The zero-order valence-electron chi connectivity index (χ0n) is 16.1. The van der Waals surface area contributed by atoms with Crippen LogP contribution in [0.4, 0.5) is 11.6 Å². The molecular formula is C21H23N7O. The average Bonchev–Trinajstić information content (AvgIpc) is 2.79. The molecule has 0 aliphatic carbocycles. The van der Waals surface area contributed by atoms with E-state index in [0.29, 0.717) is 17.4 Å². The minimum atomic E-state index is -0.0258. The van der Waals surface area contributed by atoms with Crippen LogP contribution in [-0.4, -0.2) is 48.8 Å². The predicted molar refractivity (Wildman–Crippen MR) is 109 cm³/mol. The maximum atomic E-state index is 12.6. The smallest absolute Gasteiger partial charge is 0.274 e. The zero-order chi connectivity index (χ0) is 19.9. The maximum Gasteiger partial charge on any atom is 0.274 e. The van der Waals surface area contributed by atoms with Gasteiger partial charge in [0, 0.05) is 44.1 Å². The number of hydrogen-bond donors (Lipinski definition) is 1. The van der Waals surface area contributed by atoms with Gasteiger partial charge >= 0.3 is 0 Å². The molecule has 8 heteroatoms. The van der Waals surface area contributed by atoms with Crippen LogP contribution in [-0.2, 0) is 6.42 Å². The summed E-state index contributed by atoms with van der Waals surface area (Å²) in [6.07, 6.45) is 15.6. The van der Waals surface area contributed by atoms with Gasteiger partial charge in [-0.1, -0.05) is 0 Å². The summed E-state index contributed by atoms with van der Waals surface area (Å²) in [5, 5.41) is 3.17. The second kappa shape index (κ2) is 9.18. The molecule has 0 aromatic carbocycles. The predicted octanol–water partition coefficient (Wildman–Crippen LogP) is 2.89. The first-order valence-corrected chi connectivity index (χ1v) is 9.81. The molecule has 1 atom stereocenters. The highest BCUT2D eigenvalue weighted by Crippen LogP contribution is 2.23. The Balaban J connectivity index is 1.33. The Bertz CT molecular complexity index is 936. The number of likely N-dealkylation sites (tertiary alicyclic amines) is 1. The van der Waals surface area contributed by atoms with Gasteiger partial charge in [-0.3, -0.25) is 14.8 Å². The van der Waals surface area contributed by atoms with Crippen molar-refractivity contribution in [1.82, 2.24) is 29.8 Å². The Morgan fingerprint density at radius 1 is 1.03 bits per heavy atom. The van der Waals surface area contributed by atoms with E-state index < -0.39 is 0 Å². The molecule has 0 bridgehead atoms. The molecular weight excluding hydrogens is 366 g/mol. The molecule has 1 aliphatic heterocycles. The van der Waals surface area contributed by atoms with E-state index in [9.17, 15) is 4.79 Å². The number of amides is 1. The number of hydrogen-bond acceptors (Lipinski definition) is 7. The van der Waals surface area contributed by atoms with Crippen molar-refractivity contribution in [3.05, 3.63) is 66.8 Å². The summed E-state index contributed by atoms with van der Waals surface area (Å²) in [6, 6.07) is 4.08. The Kier molecular flexibility index (Phi) is 5.99. The van der Waals surface area contributed by atoms with Crippen molar-refractivity contribution in [2.24, 2.45) is 5.92 Å². The highest BCUT2D eigenvalue weighted by Gasteiger charge is 2.25. The van der Waals surface area contributed by atoms with Gasteiger partial charge in [-0.15, -0.1) is 0 Å². The van der Waals surface area contributed by atoms with E-state index >= 15 is 0 Å². The summed E-state index contributed by atoms with van der Waals surface area (Å²) in [5.41, 5.74) is 1.63. The average molecular weight is 389 g/mol. The second-order valence-electron chi connectivity index (χ2n) is 7.15. The Hall–Kier alpha value is -3.42. The molecule has 3 aromatic rings. The van der Waals surface area contributed by atoms with E-state index in [2.05, 4.69) is 30.2 Å². The molecule has 148 valence electrons.